The topological polar surface area (TPSA) is 121 Å². The van der Waals surface area contributed by atoms with Gasteiger partial charge in [-0.05, 0) is 85.0 Å². The van der Waals surface area contributed by atoms with Gasteiger partial charge in [-0.25, -0.2) is 9.88 Å². The van der Waals surface area contributed by atoms with E-state index in [0.717, 1.165) is 11.1 Å². The number of anilines is 2. The summed E-state index contributed by atoms with van der Waals surface area (Å²) in [6, 6.07) is 37.2. The van der Waals surface area contributed by atoms with Crippen LogP contribution in [0, 0.1) is 23.7 Å². The number of carbonyl (C=O) groups excluding carboxylic acids is 4. The molecule has 2 aliphatic heterocycles. The maximum atomic E-state index is 15.3. The quantitative estimate of drug-likeness (QED) is 0.139. The number of hydrogen-bond donors (Lipinski definition) is 1. The molecule has 9 nitrogen and oxygen atoms in total. The Hall–Kier alpha value is -6.32. The summed E-state index contributed by atoms with van der Waals surface area (Å²) in [5.41, 5.74) is 3.26. The first-order valence-corrected chi connectivity index (χ1v) is 18.7. The Bertz CT molecular complexity index is 2590. The summed E-state index contributed by atoms with van der Waals surface area (Å²) >= 11 is 6.41. The lowest BCUT2D eigenvalue weighted by molar-refractivity contribution is -0.127. The molecule has 0 radical (unpaired) electrons. The molecule has 55 heavy (non-hydrogen) atoms. The number of oxazole rings is 1. The molecule has 1 saturated carbocycles. The summed E-state index contributed by atoms with van der Waals surface area (Å²) in [7, 11) is 0. The minimum absolute atomic E-state index is 0.0267. The van der Waals surface area contributed by atoms with Crippen molar-refractivity contribution < 1.29 is 28.7 Å². The normalized spacial score (nSPS) is 25.9. The van der Waals surface area contributed by atoms with Crippen LogP contribution in [-0.2, 0) is 24.6 Å². The molecule has 1 aromatic heterocycles. The molecule has 10 rings (SSSR count). The van der Waals surface area contributed by atoms with Crippen LogP contribution in [0.4, 0.5) is 11.4 Å². The Morgan fingerprint density at radius 2 is 1.47 bits per heavy atom. The molecule has 4 amide bonds. The lowest BCUT2D eigenvalue weighted by atomic mass is 9.49. The molecule has 5 aromatic carbocycles. The van der Waals surface area contributed by atoms with Gasteiger partial charge in [-0.2, -0.15) is 0 Å². The zero-order chi connectivity index (χ0) is 37.6. The van der Waals surface area contributed by atoms with Crippen molar-refractivity contribution in [3.63, 3.8) is 0 Å². The minimum Gasteiger partial charge on any atom is -0.508 e. The average molecular weight is 746 g/mol. The van der Waals surface area contributed by atoms with Gasteiger partial charge in [0.05, 0.1) is 34.5 Å². The van der Waals surface area contributed by atoms with Gasteiger partial charge in [-0.15, -0.1) is 0 Å². The molecule has 0 unspecified atom stereocenters. The third-order valence-corrected chi connectivity index (χ3v) is 12.3. The molecule has 0 spiro atoms. The van der Waals surface area contributed by atoms with E-state index in [4.69, 9.17) is 16.0 Å². The monoisotopic (exact) mass is 745 g/mol. The van der Waals surface area contributed by atoms with Gasteiger partial charge in [-0.3, -0.25) is 24.1 Å². The number of halogens is 1. The van der Waals surface area contributed by atoms with Crippen LogP contribution in [-0.4, -0.2) is 33.7 Å². The summed E-state index contributed by atoms with van der Waals surface area (Å²) in [5.74, 6) is -4.88. The maximum absolute atomic E-state index is 15.3. The predicted octanol–water partition coefficient (Wildman–Crippen LogP) is 8.22. The number of phenolic OH excluding ortho intramolecular Hbond substituents is 1. The number of allylic oxidation sites excluding steroid dienone is 2. The number of carbonyl (C=O) groups is 4. The van der Waals surface area contributed by atoms with Crippen LogP contribution in [0.1, 0.15) is 29.9 Å². The highest BCUT2D eigenvalue weighted by atomic mass is 35.5. The van der Waals surface area contributed by atoms with Crippen LogP contribution < -0.4 is 9.80 Å². The fraction of sp³-hybridized carbons (Fsp3) is 0.178. The third kappa shape index (κ3) is 4.75. The van der Waals surface area contributed by atoms with Crippen molar-refractivity contribution in [2.24, 2.45) is 23.7 Å². The predicted molar refractivity (Wildman–Crippen MR) is 206 cm³/mol. The Labute approximate surface area is 320 Å². The Balaban J connectivity index is 1.09. The molecule has 3 heterocycles. The highest BCUT2D eigenvalue weighted by Crippen LogP contribution is 2.65. The van der Waals surface area contributed by atoms with Crippen molar-refractivity contribution in [1.29, 1.82) is 0 Å². The van der Waals surface area contributed by atoms with Crippen LogP contribution in [0.2, 0.25) is 5.02 Å². The van der Waals surface area contributed by atoms with Gasteiger partial charge in [0.1, 0.15) is 11.3 Å². The van der Waals surface area contributed by atoms with Crippen molar-refractivity contribution in [2.45, 2.75) is 24.2 Å². The maximum Gasteiger partial charge on any atom is 0.246 e. The molecule has 6 atom stereocenters. The van der Waals surface area contributed by atoms with E-state index in [1.165, 1.54) is 9.80 Å². The van der Waals surface area contributed by atoms with Gasteiger partial charge in [-0.1, -0.05) is 90.0 Å². The molecule has 0 bridgehead atoms. The first kappa shape index (κ1) is 33.3. The molecule has 3 fully saturated rings. The standard InChI is InChI=1S/C45H32ClN3O6/c46-27-11-8-12-29(23-27)49-42(52)34-24-33-30(39(31-13-4-6-15-36(31)50)45(34,44(49)54)26-9-2-1-3-10-26)21-22-32-38(33)43(53)48(41(32)51)28-19-17-25(18-20-28)40-47-35-14-5-7-16-37(35)55-40/h1-21,23,32-34,38-39,50H,22,24H2/t32-,33+,34-,38-,39+,45+/m0/s1. The number of rotatable bonds is 5. The number of phenols is 1. The number of nitrogens with zero attached hydrogens (tertiary/aromatic N) is 3. The van der Waals surface area contributed by atoms with Crippen molar-refractivity contribution >= 4 is 57.7 Å². The summed E-state index contributed by atoms with van der Waals surface area (Å²) in [6.07, 6.45) is 2.39. The van der Waals surface area contributed by atoms with Crippen molar-refractivity contribution in [1.82, 2.24) is 4.98 Å². The SMILES string of the molecule is O=C1[C@H]2[C@H](CC=C3[C@H]2C[C@H]2C(=O)N(c4cccc(Cl)c4)C(=O)[C@@]2(c2ccccc2)[C@H]3c2ccccc2O)C(=O)N1c1ccc(-c2nc3ccccc3o2)cc1. The van der Waals surface area contributed by atoms with Gasteiger partial charge >= 0.3 is 0 Å². The number of imide groups is 2. The zero-order valence-corrected chi connectivity index (χ0v) is 30.0. The van der Waals surface area contributed by atoms with Crippen LogP contribution in [0.25, 0.3) is 22.6 Å². The highest BCUT2D eigenvalue weighted by molar-refractivity contribution is 6.32. The molecule has 2 aliphatic carbocycles. The molecule has 2 saturated heterocycles. The Kier molecular flexibility index (Phi) is 7.48. The van der Waals surface area contributed by atoms with Crippen LogP contribution in [0.3, 0.4) is 0 Å². The van der Waals surface area contributed by atoms with Gasteiger partial charge in [0.2, 0.25) is 29.5 Å². The summed E-state index contributed by atoms with van der Waals surface area (Å²) in [4.78, 5) is 66.3. The number of para-hydroxylation sites is 3. The second kappa shape index (κ2) is 12.4. The lowest BCUT2D eigenvalue weighted by Gasteiger charge is -2.50. The molecule has 10 heteroatoms. The van der Waals surface area contributed by atoms with Crippen LogP contribution >= 0.6 is 11.6 Å². The molecule has 4 aliphatic rings. The Morgan fingerprint density at radius 1 is 0.727 bits per heavy atom. The number of fused-ring (bicyclic) bond motifs is 5. The number of amides is 4. The molecule has 270 valence electrons. The van der Waals surface area contributed by atoms with Gasteiger partial charge in [0, 0.05) is 22.1 Å². The zero-order valence-electron chi connectivity index (χ0n) is 29.2. The fourth-order valence-electron chi connectivity index (χ4n) is 9.82. The molecule has 6 aromatic rings. The molecular weight excluding hydrogens is 714 g/mol. The summed E-state index contributed by atoms with van der Waals surface area (Å²) in [5, 5.41) is 11.9. The number of aromatic nitrogens is 1. The highest BCUT2D eigenvalue weighted by Gasteiger charge is 2.70. The third-order valence-electron chi connectivity index (χ3n) is 12.1. The summed E-state index contributed by atoms with van der Waals surface area (Å²) in [6.45, 7) is 0. The van der Waals surface area contributed by atoms with E-state index < -0.39 is 46.8 Å². The first-order valence-electron chi connectivity index (χ1n) is 18.3. The van der Waals surface area contributed by atoms with Crippen LogP contribution in [0.15, 0.2) is 143 Å². The summed E-state index contributed by atoms with van der Waals surface area (Å²) < 4.78 is 5.94. The second-order valence-corrected chi connectivity index (χ2v) is 15.1. The van der Waals surface area contributed by atoms with Crippen molar-refractivity contribution in [3.05, 3.63) is 155 Å². The van der Waals surface area contributed by atoms with E-state index in [0.29, 0.717) is 44.6 Å². The largest absolute Gasteiger partial charge is 0.508 e. The van der Waals surface area contributed by atoms with Gasteiger partial charge in [0.25, 0.3) is 0 Å². The number of aromatic hydroxyl groups is 1. The van der Waals surface area contributed by atoms with E-state index in [2.05, 4.69) is 4.98 Å². The van der Waals surface area contributed by atoms with Crippen LogP contribution in [0.5, 0.6) is 5.75 Å². The number of hydrogen-bond acceptors (Lipinski definition) is 7. The number of benzene rings is 5. The van der Waals surface area contributed by atoms with E-state index in [-0.39, 0.29) is 30.4 Å². The average Bonchev–Trinajstić information content (AvgIpc) is 3.82. The van der Waals surface area contributed by atoms with Gasteiger partial charge < -0.3 is 9.52 Å². The van der Waals surface area contributed by atoms with E-state index >= 15 is 4.79 Å². The molecule has 1 N–H and O–H groups in total. The smallest absolute Gasteiger partial charge is 0.246 e. The van der Waals surface area contributed by atoms with Crippen molar-refractivity contribution in [2.75, 3.05) is 9.80 Å². The van der Waals surface area contributed by atoms with E-state index in [9.17, 15) is 19.5 Å². The van der Waals surface area contributed by atoms with Gasteiger partial charge in [0.15, 0.2) is 5.58 Å². The minimum atomic E-state index is -1.47. The lowest BCUT2D eigenvalue weighted by Crippen LogP contribution is -2.53. The second-order valence-electron chi connectivity index (χ2n) is 14.7. The van der Waals surface area contributed by atoms with E-state index in [1.807, 2.05) is 60.7 Å². The Morgan fingerprint density at radius 3 is 2.24 bits per heavy atom. The van der Waals surface area contributed by atoms with E-state index in [1.54, 1.807) is 72.8 Å². The van der Waals surface area contributed by atoms with Crippen molar-refractivity contribution in [3.8, 4) is 17.2 Å². The first-order chi connectivity index (χ1) is 26.8. The fourth-order valence-corrected chi connectivity index (χ4v) is 10.0. The molecular formula is C45H32ClN3O6.